The molecular weight excluding hydrogens is 754 g/mol. The van der Waals surface area contributed by atoms with Crippen LogP contribution in [0.5, 0.6) is 17.5 Å². The van der Waals surface area contributed by atoms with Gasteiger partial charge in [-0.1, -0.05) is 41.9 Å². The molecule has 2 aliphatic rings. The maximum absolute atomic E-state index is 11.6. The van der Waals surface area contributed by atoms with E-state index in [0.29, 0.717) is 71.7 Å². The topological polar surface area (TPSA) is 200 Å². The van der Waals surface area contributed by atoms with Crippen molar-refractivity contribution >= 4 is 34.6 Å². The lowest BCUT2D eigenvalue weighted by molar-refractivity contribution is -0.141. The first kappa shape index (κ1) is 39.5. The summed E-state index contributed by atoms with van der Waals surface area (Å²) < 4.78 is 24.1. The number of aliphatic hydroxyl groups is 1. The van der Waals surface area contributed by atoms with Crippen molar-refractivity contribution in [2.75, 3.05) is 33.4 Å². The van der Waals surface area contributed by atoms with Crippen LogP contribution in [-0.4, -0.2) is 81.6 Å². The molecular formula is C42H42ClN5O9. The Bertz CT molecular complexity index is 2360. The van der Waals surface area contributed by atoms with E-state index >= 15 is 0 Å². The van der Waals surface area contributed by atoms with Gasteiger partial charge in [-0.05, 0) is 78.7 Å². The van der Waals surface area contributed by atoms with Gasteiger partial charge in [0.1, 0.15) is 28.5 Å². The molecule has 0 spiro atoms. The fraction of sp³-hybridized carbons (Fsp3) is 0.357. The Kier molecular flexibility index (Phi) is 11.9. The molecule has 296 valence electrons. The predicted octanol–water partition coefficient (Wildman–Crippen LogP) is 6.33. The van der Waals surface area contributed by atoms with Gasteiger partial charge in [0.05, 0.1) is 25.6 Å². The average molecular weight is 796 g/mol. The lowest BCUT2D eigenvalue weighted by Gasteiger charge is -2.18. The number of ether oxygens (including phenoxy) is 3. The number of carbonyl (C=O) groups is 2. The summed E-state index contributed by atoms with van der Waals surface area (Å²) >= 11 is 6.67. The predicted molar refractivity (Wildman–Crippen MR) is 209 cm³/mol. The Morgan fingerprint density at radius 3 is 2.61 bits per heavy atom. The van der Waals surface area contributed by atoms with E-state index in [9.17, 15) is 25.1 Å². The molecule has 0 amide bonds. The van der Waals surface area contributed by atoms with Crippen LogP contribution in [0, 0.1) is 24.2 Å². The largest absolute Gasteiger partial charge is 0.481 e. The molecule has 0 bridgehead atoms. The number of benzene rings is 3. The van der Waals surface area contributed by atoms with Crippen molar-refractivity contribution in [2.24, 2.45) is 5.92 Å². The highest BCUT2D eigenvalue weighted by Crippen LogP contribution is 2.43. The Morgan fingerprint density at radius 1 is 1.07 bits per heavy atom. The minimum absolute atomic E-state index is 0.0725. The van der Waals surface area contributed by atoms with Crippen molar-refractivity contribution in [3.8, 4) is 46.2 Å². The highest BCUT2D eigenvalue weighted by atomic mass is 35.5. The molecule has 5 aromatic rings. The van der Waals surface area contributed by atoms with Gasteiger partial charge < -0.3 is 39.3 Å². The first-order valence-electron chi connectivity index (χ1n) is 18.6. The highest BCUT2D eigenvalue weighted by Gasteiger charge is 2.30. The first-order chi connectivity index (χ1) is 27.5. The van der Waals surface area contributed by atoms with Crippen LogP contribution in [-0.2, 0) is 29.1 Å². The van der Waals surface area contributed by atoms with Crippen molar-refractivity contribution in [3.05, 3.63) is 87.4 Å². The van der Waals surface area contributed by atoms with Crippen molar-refractivity contribution < 1.29 is 43.5 Å². The number of rotatable bonds is 16. The van der Waals surface area contributed by atoms with Gasteiger partial charge in [-0.3, -0.25) is 14.5 Å². The second-order valence-electron chi connectivity index (χ2n) is 14.3. The third kappa shape index (κ3) is 8.67. The maximum Gasteiger partial charge on any atom is 0.307 e. The van der Waals surface area contributed by atoms with E-state index in [4.69, 9.17) is 40.3 Å². The SMILES string of the molecule is COc1nc(O[C@H]2CCc3c(-c4cccc(-c5nc6cc(CN7CC[C@H](C(=O)O)C7)c(OCC#N)cc6o5)c4C)cccc32)c(Cl)cc1CNCC(O)CC(=O)O. The van der Waals surface area contributed by atoms with E-state index in [-0.39, 0.29) is 38.1 Å². The van der Waals surface area contributed by atoms with Crippen LogP contribution in [0.25, 0.3) is 33.7 Å². The van der Waals surface area contributed by atoms with Crippen LogP contribution < -0.4 is 19.5 Å². The zero-order chi connectivity index (χ0) is 40.2. The summed E-state index contributed by atoms with van der Waals surface area (Å²) in [5.74, 6) is -0.816. The molecule has 7 rings (SSSR count). The van der Waals surface area contributed by atoms with Gasteiger partial charge in [0.25, 0.3) is 0 Å². The Hall–Kier alpha value is -5.72. The van der Waals surface area contributed by atoms with E-state index in [1.807, 2.05) is 37.3 Å². The number of carboxylic acid groups (broad SMARTS) is 2. The fourth-order valence-corrected chi connectivity index (χ4v) is 7.93. The van der Waals surface area contributed by atoms with Crippen LogP contribution >= 0.6 is 11.6 Å². The van der Waals surface area contributed by atoms with Gasteiger partial charge in [-0.25, -0.2) is 4.98 Å². The molecule has 15 heteroatoms. The van der Waals surface area contributed by atoms with E-state index < -0.39 is 24.0 Å². The molecule has 1 aliphatic heterocycles. The lowest BCUT2D eigenvalue weighted by atomic mass is 9.91. The number of oxazole rings is 1. The van der Waals surface area contributed by atoms with Gasteiger partial charge in [0, 0.05) is 48.9 Å². The fourth-order valence-electron chi connectivity index (χ4n) is 7.71. The molecule has 1 fully saturated rings. The number of aliphatic hydroxyl groups excluding tert-OH is 1. The number of likely N-dealkylation sites (tertiary alicyclic amines) is 1. The molecule has 3 atom stereocenters. The molecule has 3 aromatic carbocycles. The molecule has 3 heterocycles. The number of nitrogens with zero attached hydrogens (tertiary/aromatic N) is 4. The van der Waals surface area contributed by atoms with E-state index in [1.54, 1.807) is 12.1 Å². The number of hydrogen-bond acceptors (Lipinski definition) is 12. The summed E-state index contributed by atoms with van der Waals surface area (Å²) in [5, 5.41) is 40.8. The lowest BCUT2D eigenvalue weighted by Crippen LogP contribution is -2.28. The van der Waals surface area contributed by atoms with Crippen LogP contribution in [0.3, 0.4) is 0 Å². The maximum atomic E-state index is 11.6. The van der Waals surface area contributed by atoms with Gasteiger partial charge in [-0.2, -0.15) is 10.2 Å². The minimum atomic E-state index is -1.08. The molecule has 4 N–H and O–H groups in total. The average Bonchev–Trinajstić information content (AvgIpc) is 3.93. The quantitative estimate of drug-likeness (QED) is 0.0864. The van der Waals surface area contributed by atoms with Crippen molar-refractivity contribution in [1.29, 1.82) is 5.26 Å². The number of nitriles is 1. The Balaban J connectivity index is 1.12. The molecule has 14 nitrogen and oxygen atoms in total. The van der Waals surface area contributed by atoms with Crippen LogP contribution in [0.2, 0.25) is 5.02 Å². The van der Waals surface area contributed by atoms with Crippen molar-refractivity contribution in [2.45, 2.75) is 57.9 Å². The van der Waals surface area contributed by atoms with Crippen LogP contribution in [0.15, 0.2) is 59.0 Å². The number of fused-ring (bicyclic) bond motifs is 2. The zero-order valence-electron chi connectivity index (χ0n) is 31.5. The number of pyridine rings is 1. The number of aromatic nitrogens is 2. The normalized spacial score (nSPS) is 17.0. The smallest absolute Gasteiger partial charge is 0.307 e. The van der Waals surface area contributed by atoms with Gasteiger partial charge >= 0.3 is 11.9 Å². The highest BCUT2D eigenvalue weighted by molar-refractivity contribution is 6.31. The number of carboxylic acids is 2. The van der Waals surface area contributed by atoms with Crippen LogP contribution in [0.1, 0.15) is 53.2 Å². The van der Waals surface area contributed by atoms with E-state index in [0.717, 1.165) is 45.4 Å². The molecule has 1 saturated heterocycles. The summed E-state index contributed by atoms with van der Waals surface area (Å²) in [6, 6.07) is 19.5. The zero-order valence-corrected chi connectivity index (χ0v) is 32.2. The third-order valence-electron chi connectivity index (χ3n) is 10.5. The minimum Gasteiger partial charge on any atom is -0.481 e. The number of nitrogens with one attached hydrogen (secondary N) is 1. The summed E-state index contributed by atoms with van der Waals surface area (Å²) in [7, 11) is 1.49. The molecule has 57 heavy (non-hydrogen) atoms. The van der Waals surface area contributed by atoms with E-state index in [1.165, 1.54) is 7.11 Å². The summed E-state index contributed by atoms with van der Waals surface area (Å²) in [5.41, 5.74) is 8.66. The number of hydrogen-bond donors (Lipinski definition) is 4. The third-order valence-corrected chi connectivity index (χ3v) is 10.8. The number of halogens is 1. The molecule has 1 aliphatic carbocycles. The Labute approximate surface area is 333 Å². The van der Waals surface area contributed by atoms with Gasteiger partial charge in [-0.15, -0.1) is 0 Å². The Morgan fingerprint density at radius 2 is 1.86 bits per heavy atom. The van der Waals surface area contributed by atoms with Crippen LogP contribution in [0.4, 0.5) is 0 Å². The number of methoxy groups -OCH3 is 1. The van der Waals surface area contributed by atoms with Gasteiger partial charge in [0.2, 0.25) is 17.7 Å². The molecule has 0 saturated carbocycles. The number of aliphatic carboxylic acids is 2. The summed E-state index contributed by atoms with van der Waals surface area (Å²) in [6.07, 6.45) is 0.323. The molecule has 2 aromatic heterocycles. The monoisotopic (exact) mass is 795 g/mol. The molecule has 0 radical (unpaired) electrons. The van der Waals surface area contributed by atoms with E-state index in [2.05, 4.69) is 33.4 Å². The standard InChI is InChI=1S/C42H42ClN5O9/c1-23-28(5-3-6-29(23)40-46-34-16-26(22-48-13-11-24(21-48)42(52)53)36(55-14-12-44)18-37(34)57-40)30-7-4-8-32-31(30)9-10-35(32)56-41-33(43)15-25(39(47-41)54-2)19-45-20-27(49)17-38(50)51/h3-8,15-16,18,24,27,35,45,49H,9-11,13-14,17,19-22H2,1-2H3,(H,50,51)(H,52,53)/t24-,27?,35-/m0/s1. The van der Waals surface area contributed by atoms with Crippen molar-refractivity contribution in [3.63, 3.8) is 0 Å². The molecule has 1 unspecified atom stereocenters. The summed E-state index contributed by atoms with van der Waals surface area (Å²) in [4.78, 5) is 33.9. The summed E-state index contributed by atoms with van der Waals surface area (Å²) in [6.45, 7) is 3.77. The van der Waals surface area contributed by atoms with Gasteiger partial charge in [0.15, 0.2) is 12.2 Å². The second-order valence-corrected chi connectivity index (χ2v) is 14.7. The van der Waals surface area contributed by atoms with Crippen molar-refractivity contribution in [1.82, 2.24) is 20.2 Å². The first-order valence-corrected chi connectivity index (χ1v) is 19.0. The second kappa shape index (κ2) is 17.2.